The van der Waals surface area contributed by atoms with Crippen LogP contribution in [0.5, 0.6) is 0 Å². The van der Waals surface area contributed by atoms with E-state index in [1.54, 1.807) is 13.8 Å². The molecule has 0 saturated carbocycles. The van der Waals surface area contributed by atoms with Gasteiger partial charge in [0.15, 0.2) is 0 Å². The second-order valence-electron chi connectivity index (χ2n) is 4.48. The minimum Gasteiger partial charge on any atom is -0.388 e. The van der Waals surface area contributed by atoms with Gasteiger partial charge >= 0.3 is 0 Å². The van der Waals surface area contributed by atoms with Gasteiger partial charge < -0.3 is 10.4 Å². The maximum absolute atomic E-state index is 9.80. The van der Waals surface area contributed by atoms with Crippen LogP contribution in [0.2, 0.25) is 0 Å². The maximum Gasteiger partial charge on any atom is 0.0789 e. The Balaban J connectivity index is 2.78. The summed E-state index contributed by atoms with van der Waals surface area (Å²) in [5.74, 6) is 0. The zero-order valence-electron chi connectivity index (χ0n) is 9.63. The number of nitrogens with one attached hydrogen (secondary N) is 1. The second kappa shape index (κ2) is 4.54. The Hall–Kier alpha value is -0.540. The first kappa shape index (κ1) is 12.5. The number of rotatable bonds is 3. The molecule has 0 aliphatic carbocycles. The fourth-order valence-corrected chi connectivity index (χ4v) is 1.41. The van der Waals surface area contributed by atoms with Crippen molar-refractivity contribution in [3.8, 4) is 0 Å². The van der Waals surface area contributed by atoms with Gasteiger partial charge in [0.1, 0.15) is 0 Å². The lowest BCUT2D eigenvalue weighted by Gasteiger charge is -2.27. The zero-order valence-corrected chi connectivity index (χ0v) is 11.2. The molecule has 2 N–H and O–H groups in total. The lowest BCUT2D eigenvalue weighted by Crippen LogP contribution is -2.39. The third-order valence-corrected chi connectivity index (χ3v) is 3.49. The molecule has 1 atom stereocenters. The molecule has 0 heterocycles. The average Bonchev–Trinajstić information content (AvgIpc) is 2.10. The molecule has 0 aliphatic rings. The Morgan fingerprint density at radius 1 is 1.40 bits per heavy atom. The number of aryl methyl sites for hydroxylation is 1. The summed E-state index contributed by atoms with van der Waals surface area (Å²) in [4.78, 5) is 0. The summed E-state index contributed by atoms with van der Waals surface area (Å²) >= 11 is 3.46. The molecule has 0 aliphatic heterocycles. The zero-order chi connectivity index (χ0) is 11.6. The normalized spacial score (nSPS) is 13.7. The fourth-order valence-electron chi connectivity index (χ4n) is 1.16. The van der Waals surface area contributed by atoms with Crippen LogP contribution in [-0.2, 0) is 0 Å². The van der Waals surface area contributed by atoms with Crippen molar-refractivity contribution in [1.29, 1.82) is 0 Å². The van der Waals surface area contributed by atoms with E-state index in [0.717, 1.165) is 10.2 Å². The molecule has 0 radical (unpaired) electrons. The standard InChI is InChI=1S/C12H18BrNO/c1-8-7-10(5-6-11(8)13)14-9(2)12(3,4)15/h5-7,9,14-15H,1-4H3. The topological polar surface area (TPSA) is 32.3 Å². The van der Waals surface area contributed by atoms with E-state index in [9.17, 15) is 5.11 Å². The van der Waals surface area contributed by atoms with Gasteiger partial charge in [-0.05, 0) is 51.5 Å². The van der Waals surface area contributed by atoms with Crippen molar-refractivity contribution in [2.24, 2.45) is 0 Å². The molecular formula is C12H18BrNO. The SMILES string of the molecule is Cc1cc(NC(C)C(C)(C)O)ccc1Br. The molecule has 0 saturated heterocycles. The van der Waals surface area contributed by atoms with E-state index in [0.29, 0.717) is 0 Å². The average molecular weight is 272 g/mol. The van der Waals surface area contributed by atoms with Crippen LogP contribution in [0.4, 0.5) is 5.69 Å². The smallest absolute Gasteiger partial charge is 0.0789 e. The van der Waals surface area contributed by atoms with Crippen LogP contribution in [0.25, 0.3) is 0 Å². The summed E-state index contributed by atoms with van der Waals surface area (Å²) in [6, 6.07) is 6.08. The molecule has 1 aromatic rings. The Morgan fingerprint density at radius 3 is 2.47 bits per heavy atom. The van der Waals surface area contributed by atoms with Gasteiger partial charge in [-0.2, -0.15) is 0 Å². The van der Waals surface area contributed by atoms with Gasteiger partial charge in [-0.25, -0.2) is 0 Å². The lowest BCUT2D eigenvalue weighted by molar-refractivity contribution is 0.0649. The highest BCUT2D eigenvalue weighted by Gasteiger charge is 2.21. The largest absolute Gasteiger partial charge is 0.388 e. The molecule has 0 amide bonds. The summed E-state index contributed by atoms with van der Waals surface area (Å²) in [5, 5.41) is 13.1. The van der Waals surface area contributed by atoms with Crippen LogP contribution in [0.3, 0.4) is 0 Å². The number of hydrogen-bond donors (Lipinski definition) is 2. The van der Waals surface area contributed by atoms with Gasteiger partial charge in [0.05, 0.1) is 11.6 Å². The molecule has 1 rings (SSSR count). The van der Waals surface area contributed by atoms with E-state index in [4.69, 9.17) is 0 Å². The highest BCUT2D eigenvalue weighted by Crippen LogP contribution is 2.22. The van der Waals surface area contributed by atoms with Crippen molar-refractivity contribution in [2.45, 2.75) is 39.3 Å². The van der Waals surface area contributed by atoms with Crippen molar-refractivity contribution in [2.75, 3.05) is 5.32 Å². The van der Waals surface area contributed by atoms with Crippen molar-refractivity contribution in [3.05, 3.63) is 28.2 Å². The summed E-state index contributed by atoms with van der Waals surface area (Å²) in [7, 11) is 0. The third-order valence-electron chi connectivity index (χ3n) is 2.60. The van der Waals surface area contributed by atoms with Crippen molar-refractivity contribution < 1.29 is 5.11 Å². The fraction of sp³-hybridized carbons (Fsp3) is 0.500. The molecule has 2 nitrogen and oxygen atoms in total. The minimum atomic E-state index is -0.721. The van der Waals surface area contributed by atoms with Gasteiger partial charge in [0, 0.05) is 10.2 Å². The number of benzene rings is 1. The Labute approximate surface area is 99.8 Å². The van der Waals surface area contributed by atoms with Crippen LogP contribution < -0.4 is 5.32 Å². The van der Waals surface area contributed by atoms with Gasteiger partial charge in [-0.3, -0.25) is 0 Å². The predicted molar refractivity (Wildman–Crippen MR) is 68.3 cm³/mol. The molecule has 1 aromatic carbocycles. The van der Waals surface area contributed by atoms with Crippen LogP contribution >= 0.6 is 15.9 Å². The molecule has 0 fully saturated rings. The second-order valence-corrected chi connectivity index (χ2v) is 5.34. The number of anilines is 1. The predicted octanol–water partition coefficient (Wildman–Crippen LogP) is 3.33. The highest BCUT2D eigenvalue weighted by atomic mass is 79.9. The monoisotopic (exact) mass is 271 g/mol. The third kappa shape index (κ3) is 3.50. The number of hydrogen-bond acceptors (Lipinski definition) is 2. The van der Waals surface area contributed by atoms with Crippen molar-refractivity contribution >= 4 is 21.6 Å². The van der Waals surface area contributed by atoms with Crippen LogP contribution in [0.15, 0.2) is 22.7 Å². The first-order chi connectivity index (χ1) is 6.80. The molecule has 1 unspecified atom stereocenters. The van der Waals surface area contributed by atoms with Crippen molar-refractivity contribution in [1.82, 2.24) is 0 Å². The van der Waals surface area contributed by atoms with Crippen LogP contribution in [0, 0.1) is 6.92 Å². The highest BCUT2D eigenvalue weighted by molar-refractivity contribution is 9.10. The Morgan fingerprint density at radius 2 is 2.00 bits per heavy atom. The molecule has 0 spiro atoms. The summed E-state index contributed by atoms with van der Waals surface area (Å²) in [5.41, 5.74) is 1.49. The first-order valence-corrected chi connectivity index (χ1v) is 5.85. The van der Waals surface area contributed by atoms with E-state index in [1.807, 2.05) is 26.0 Å². The Kier molecular flexibility index (Phi) is 3.79. The number of halogens is 1. The first-order valence-electron chi connectivity index (χ1n) is 5.06. The molecular weight excluding hydrogens is 254 g/mol. The van der Waals surface area contributed by atoms with E-state index < -0.39 is 5.60 Å². The Bertz CT molecular complexity index is 344. The summed E-state index contributed by atoms with van der Waals surface area (Å²) in [6.45, 7) is 7.62. The van der Waals surface area contributed by atoms with Gasteiger partial charge in [0.2, 0.25) is 0 Å². The van der Waals surface area contributed by atoms with E-state index in [-0.39, 0.29) is 6.04 Å². The summed E-state index contributed by atoms with van der Waals surface area (Å²) < 4.78 is 1.10. The molecule has 0 bridgehead atoms. The molecule has 3 heteroatoms. The van der Waals surface area contributed by atoms with Gasteiger partial charge in [-0.15, -0.1) is 0 Å². The van der Waals surface area contributed by atoms with E-state index >= 15 is 0 Å². The number of aliphatic hydroxyl groups is 1. The maximum atomic E-state index is 9.80. The van der Waals surface area contributed by atoms with Crippen LogP contribution in [0.1, 0.15) is 26.3 Å². The molecule has 84 valence electrons. The van der Waals surface area contributed by atoms with Crippen LogP contribution in [-0.4, -0.2) is 16.7 Å². The van der Waals surface area contributed by atoms with Gasteiger partial charge in [0.25, 0.3) is 0 Å². The van der Waals surface area contributed by atoms with E-state index in [1.165, 1.54) is 5.56 Å². The molecule has 0 aromatic heterocycles. The summed E-state index contributed by atoms with van der Waals surface area (Å²) in [6.07, 6.45) is 0. The lowest BCUT2D eigenvalue weighted by atomic mass is 10.0. The molecule has 15 heavy (non-hydrogen) atoms. The minimum absolute atomic E-state index is 0.0121. The van der Waals surface area contributed by atoms with E-state index in [2.05, 4.69) is 27.3 Å². The van der Waals surface area contributed by atoms with Gasteiger partial charge in [-0.1, -0.05) is 15.9 Å². The quantitative estimate of drug-likeness (QED) is 0.884. The van der Waals surface area contributed by atoms with Crippen molar-refractivity contribution in [3.63, 3.8) is 0 Å².